The SMILES string of the molecule is N#CCC(F)CF. The minimum Gasteiger partial charge on any atom is -0.248 e. The minimum atomic E-state index is -1.58. The van der Waals surface area contributed by atoms with E-state index in [0.717, 1.165) is 0 Å². The summed E-state index contributed by atoms with van der Waals surface area (Å²) in [4.78, 5) is 0. The lowest BCUT2D eigenvalue weighted by Crippen LogP contribution is -1.98. The lowest BCUT2D eigenvalue weighted by atomic mass is 10.3. The van der Waals surface area contributed by atoms with Crippen LogP contribution in [0.1, 0.15) is 6.42 Å². The summed E-state index contributed by atoms with van der Waals surface area (Å²) in [6.45, 7) is -1.05. The molecule has 0 rings (SSSR count). The van der Waals surface area contributed by atoms with Crippen molar-refractivity contribution in [2.75, 3.05) is 6.67 Å². The zero-order valence-corrected chi connectivity index (χ0v) is 3.69. The number of halogens is 2. The van der Waals surface area contributed by atoms with Crippen LogP contribution in [0.15, 0.2) is 0 Å². The second-order valence-corrected chi connectivity index (χ2v) is 1.11. The molecule has 0 aromatic rings. The fraction of sp³-hybridized carbons (Fsp3) is 0.750. The Morgan fingerprint density at radius 1 is 1.71 bits per heavy atom. The molecule has 0 aliphatic rings. The lowest BCUT2D eigenvalue weighted by Gasteiger charge is -1.89. The normalized spacial score (nSPS) is 12.7. The standard InChI is InChI=1S/C4H5F2N/c5-3-4(6)1-2-7/h4H,1,3H2. The Morgan fingerprint density at radius 2 is 2.29 bits per heavy atom. The van der Waals surface area contributed by atoms with E-state index in [1.807, 2.05) is 0 Å². The molecular weight excluding hydrogens is 100 g/mol. The summed E-state index contributed by atoms with van der Waals surface area (Å²) in [5.74, 6) is 0. The van der Waals surface area contributed by atoms with Gasteiger partial charge in [-0.1, -0.05) is 0 Å². The first-order valence-electron chi connectivity index (χ1n) is 1.88. The summed E-state index contributed by atoms with van der Waals surface area (Å²) in [6.07, 6.45) is -1.92. The Labute approximate surface area is 40.6 Å². The van der Waals surface area contributed by atoms with E-state index in [4.69, 9.17) is 5.26 Å². The number of alkyl halides is 2. The summed E-state index contributed by atoms with van der Waals surface area (Å²) in [5, 5.41) is 7.71. The molecule has 0 amide bonds. The smallest absolute Gasteiger partial charge is 0.141 e. The van der Waals surface area contributed by atoms with Crippen LogP contribution in [-0.2, 0) is 0 Å². The fourth-order valence-electron chi connectivity index (χ4n) is 0.154. The van der Waals surface area contributed by atoms with Gasteiger partial charge in [-0.2, -0.15) is 5.26 Å². The molecule has 0 aliphatic heterocycles. The highest BCUT2D eigenvalue weighted by Gasteiger charge is 2.01. The molecule has 1 nitrogen and oxygen atoms in total. The van der Waals surface area contributed by atoms with Crippen molar-refractivity contribution in [2.24, 2.45) is 0 Å². The zero-order valence-electron chi connectivity index (χ0n) is 3.69. The molecule has 1 atom stereocenters. The van der Waals surface area contributed by atoms with Crippen LogP contribution in [0.5, 0.6) is 0 Å². The van der Waals surface area contributed by atoms with Gasteiger partial charge in [0, 0.05) is 0 Å². The largest absolute Gasteiger partial charge is 0.248 e. The van der Waals surface area contributed by atoms with E-state index in [2.05, 4.69) is 0 Å². The van der Waals surface area contributed by atoms with Gasteiger partial charge in [0.15, 0.2) is 0 Å². The Hall–Kier alpha value is -0.650. The summed E-state index contributed by atoms with van der Waals surface area (Å²) in [7, 11) is 0. The Morgan fingerprint density at radius 3 is 2.43 bits per heavy atom. The van der Waals surface area contributed by atoms with Crippen molar-refractivity contribution in [3.05, 3.63) is 0 Å². The maximum Gasteiger partial charge on any atom is 0.141 e. The van der Waals surface area contributed by atoms with Crippen LogP contribution in [0.4, 0.5) is 8.78 Å². The van der Waals surface area contributed by atoms with Crippen LogP contribution in [0, 0.1) is 11.3 Å². The van der Waals surface area contributed by atoms with Gasteiger partial charge in [0.25, 0.3) is 0 Å². The van der Waals surface area contributed by atoms with Gasteiger partial charge in [-0.3, -0.25) is 0 Å². The van der Waals surface area contributed by atoms with E-state index in [1.165, 1.54) is 6.07 Å². The van der Waals surface area contributed by atoms with Gasteiger partial charge < -0.3 is 0 Å². The quantitative estimate of drug-likeness (QED) is 0.517. The van der Waals surface area contributed by atoms with Crippen molar-refractivity contribution >= 4 is 0 Å². The minimum absolute atomic E-state index is 0.337. The molecule has 0 N–H and O–H groups in total. The predicted octanol–water partition coefficient (Wildman–Crippen LogP) is 1.21. The molecule has 0 fully saturated rings. The Bertz CT molecular complexity index is 76.2. The highest BCUT2D eigenvalue weighted by Crippen LogP contribution is 1.94. The van der Waals surface area contributed by atoms with E-state index < -0.39 is 12.8 Å². The van der Waals surface area contributed by atoms with Gasteiger partial charge in [-0.05, 0) is 0 Å². The monoisotopic (exact) mass is 105 g/mol. The first-order valence-corrected chi connectivity index (χ1v) is 1.88. The average molecular weight is 105 g/mol. The fourth-order valence-corrected chi connectivity index (χ4v) is 0.154. The van der Waals surface area contributed by atoms with Gasteiger partial charge >= 0.3 is 0 Å². The maximum absolute atomic E-state index is 11.5. The molecule has 0 spiro atoms. The Balaban J connectivity index is 3.03. The van der Waals surface area contributed by atoms with Crippen LogP contribution in [0.3, 0.4) is 0 Å². The van der Waals surface area contributed by atoms with Crippen LogP contribution in [0.25, 0.3) is 0 Å². The molecule has 0 saturated carbocycles. The second-order valence-electron chi connectivity index (χ2n) is 1.11. The van der Waals surface area contributed by atoms with Crippen LogP contribution >= 0.6 is 0 Å². The molecule has 0 aromatic carbocycles. The first-order chi connectivity index (χ1) is 3.31. The highest BCUT2D eigenvalue weighted by molar-refractivity contribution is 4.74. The first kappa shape index (κ1) is 6.35. The highest BCUT2D eigenvalue weighted by atomic mass is 19.2. The summed E-state index contributed by atoms with van der Waals surface area (Å²) in [5.41, 5.74) is 0. The third-order valence-corrected chi connectivity index (χ3v) is 0.480. The number of nitrogens with zero attached hydrogens (tertiary/aromatic N) is 1. The summed E-state index contributed by atoms with van der Waals surface area (Å²) < 4.78 is 22.6. The molecule has 0 aromatic heterocycles. The second kappa shape index (κ2) is 3.54. The van der Waals surface area contributed by atoms with Crippen molar-refractivity contribution in [1.29, 1.82) is 5.26 Å². The van der Waals surface area contributed by atoms with Crippen molar-refractivity contribution in [2.45, 2.75) is 12.6 Å². The van der Waals surface area contributed by atoms with E-state index in [-0.39, 0.29) is 6.42 Å². The van der Waals surface area contributed by atoms with Crippen LogP contribution < -0.4 is 0 Å². The number of nitriles is 1. The lowest BCUT2D eigenvalue weighted by molar-refractivity contribution is 0.265. The molecule has 0 aliphatic carbocycles. The summed E-state index contributed by atoms with van der Waals surface area (Å²) >= 11 is 0. The van der Waals surface area contributed by atoms with E-state index >= 15 is 0 Å². The molecular formula is C4H5F2N. The van der Waals surface area contributed by atoms with E-state index in [1.54, 1.807) is 0 Å². The number of hydrogen-bond acceptors (Lipinski definition) is 1. The molecule has 1 unspecified atom stereocenters. The van der Waals surface area contributed by atoms with Gasteiger partial charge in [-0.25, -0.2) is 8.78 Å². The molecule has 0 heterocycles. The molecule has 7 heavy (non-hydrogen) atoms. The maximum atomic E-state index is 11.5. The van der Waals surface area contributed by atoms with Crippen molar-refractivity contribution in [3.63, 3.8) is 0 Å². The van der Waals surface area contributed by atoms with E-state index in [9.17, 15) is 8.78 Å². The third-order valence-electron chi connectivity index (χ3n) is 0.480. The van der Waals surface area contributed by atoms with Crippen LogP contribution in [0.2, 0.25) is 0 Å². The predicted molar refractivity (Wildman–Crippen MR) is 21.1 cm³/mol. The summed E-state index contributed by atoms with van der Waals surface area (Å²) in [6, 6.07) is 1.50. The molecule has 0 bridgehead atoms. The van der Waals surface area contributed by atoms with Crippen molar-refractivity contribution < 1.29 is 8.78 Å². The average Bonchev–Trinajstić information content (AvgIpc) is 1.68. The number of hydrogen-bond donors (Lipinski definition) is 0. The number of rotatable bonds is 2. The van der Waals surface area contributed by atoms with Crippen molar-refractivity contribution in [1.82, 2.24) is 0 Å². The third kappa shape index (κ3) is 3.17. The van der Waals surface area contributed by atoms with Gasteiger partial charge in [0.2, 0.25) is 0 Å². The molecule has 40 valence electrons. The van der Waals surface area contributed by atoms with Crippen LogP contribution in [-0.4, -0.2) is 12.8 Å². The molecule has 3 heteroatoms. The van der Waals surface area contributed by atoms with E-state index in [0.29, 0.717) is 0 Å². The van der Waals surface area contributed by atoms with Gasteiger partial charge in [0.1, 0.15) is 12.8 Å². The zero-order chi connectivity index (χ0) is 5.70. The molecule has 0 radical (unpaired) electrons. The Kier molecular flexibility index (Phi) is 3.21. The van der Waals surface area contributed by atoms with Gasteiger partial charge in [-0.15, -0.1) is 0 Å². The topological polar surface area (TPSA) is 23.8 Å². The molecule has 0 saturated heterocycles. The van der Waals surface area contributed by atoms with Crippen molar-refractivity contribution in [3.8, 4) is 6.07 Å². The van der Waals surface area contributed by atoms with Gasteiger partial charge in [0.05, 0.1) is 12.5 Å².